The monoisotopic (exact) mass is 223 g/mol. The number of amides is 1. The van der Waals surface area contributed by atoms with Gasteiger partial charge in [-0.05, 0) is 25.8 Å². The Morgan fingerprint density at radius 3 is 3.12 bits per heavy atom. The van der Waals surface area contributed by atoms with E-state index < -0.39 is 0 Å². The van der Waals surface area contributed by atoms with Gasteiger partial charge in [0.05, 0.1) is 12.1 Å². The number of aromatic amines is 1. The van der Waals surface area contributed by atoms with Gasteiger partial charge in [-0.1, -0.05) is 6.92 Å². The number of carbonyl (C=O) groups is 1. The highest BCUT2D eigenvalue weighted by molar-refractivity contribution is 5.86. The molecule has 1 unspecified atom stereocenters. The molecule has 0 aliphatic carbocycles. The van der Waals surface area contributed by atoms with E-state index in [1.165, 1.54) is 6.33 Å². The Labute approximate surface area is 94.2 Å². The van der Waals surface area contributed by atoms with Gasteiger partial charge in [-0.25, -0.2) is 4.98 Å². The molecule has 1 fully saturated rings. The van der Waals surface area contributed by atoms with E-state index in [2.05, 4.69) is 25.8 Å². The number of H-pyrrole nitrogens is 1. The molecular weight excluding hydrogens is 206 g/mol. The van der Waals surface area contributed by atoms with Crippen LogP contribution < -0.4 is 10.6 Å². The molecule has 3 N–H and O–H groups in total. The number of carbonyl (C=O) groups excluding carboxylic acids is 1. The lowest BCUT2D eigenvalue weighted by Gasteiger charge is -2.26. The lowest BCUT2D eigenvalue weighted by molar-refractivity contribution is -0.127. The van der Waals surface area contributed by atoms with Crippen LogP contribution in [0, 0.1) is 0 Å². The topological polar surface area (TPSA) is 82.7 Å². The highest BCUT2D eigenvalue weighted by Gasteiger charge is 2.38. The molecule has 1 aromatic heterocycles. The van der Waals surface area contributed by atoms with Crippen molar-refractivity contribution in [3.63, 3.8) is 0 Å². The van der Waals surface area contributed by atoms with Crippen LogP contribution in [0.25, 0.3) is 0 Å². The largest absolute Gasteiger partial charge is 0.347 e. The van der Waals surface area contributed by atoms with Crippen molar-refractivity contribution < 1.29 is 4.79 Å². The lowest BCUT2D eigenvalue weighted by atomic mass is 9.93. The van der Waals surface area contributed by atoms with E-state index in [-0.39, 0.29) is 11.4 Å². The van der Waals surface area contributed by atoms with Gasteiger partial charge in [0.1, 0.15) is 12.2 Å². The maximum Gasteiger partial charge on any atom is 0.240 e. The molecule has 1 aliphatic heterocycles. The minimum Gasteiger partial charge on any atom is -0.347 e. The maximum atomic E-state index is 12.1. The second-order valence-corrected chi connectivity index (χ2v) is 4.08. The fourth-order valence-corrected chi connectivity index (χ4v) is 2.11. The first-order chi connectivity index (χ1) is 7.77. The molecule has 0 bridgehead atoms. The Morgan fingerprint density at radius 1 is 1.69 bits per heavy atom. The van der Waals surface area contributed by atoms with E-state index >= 15 is 0 Å². The van der Waals surface area contributed by atoms with E-state index in [1.807, 2.05) is 6.92 Å². The molecule has 6 nitrogen and oxygen atoms in total. The molecule has 2 heterocycles. The zero-order valence-corrected chi connectivity index (χ0v) is 9.42. The number of hydrogen-bond acceptors (Lipinski definition) is 4. The second kappa shape index (κ2) is 4.61. The molecule has 0 saturated carbocycles. The van der Waals surface area contributed by atoms with E-state index in [0.29, 0.717) is 12.4 Å². The molecule has 2 rings (SSSR count). The molecule has 1 atom stereocenters. The number of rotatable bonds is 4. The third kappa shape index (κ3) is 2.06. The summed E-state index contributed by atoms with van der Waals surface area (Å²) in [5.41, 5.74) is -0.375. The highest BCUT2D eigenvalue weighted by Crippen LogP contribution is 2.22. The second-order valence-electron chi connectivity index (χ2n) is 4.08. The predicted molar refractivity (Wildman–Crippen MR) is 58.5 cm³/mol. The van der Waals surface area contributed by atoms with Gasteiger partial charge in [-0.15, -0.1) is 0 Å². The van der Waals surface area contributed by atoms with E-state index in [0.717, 1.165) is 25.8 Å². The molecular formula is C10H17N5O. The van der Waals surface area contributed by atoms with Gasteiger partial charge in [0.15, 0.2) is 0 Å². The van der Waals surface area contributed by atoms with Gasteiger partial charge < -0.3 is 10.6 Å². The summed E-state index contributed by atoms with van der Waals surface area (Å²) >= 11 is 0. The first-order valence-electron chi connectivity index (χ1n) is 5.64. The summed E-state index contributed by atoms with van der Waals surface area (Å²) < 4.78 is 0. The molecule has 1 aromatic rings. The summed E-state index contributed by atoms with van der Waals surface area (Å²) in [6.45, 7) is 3.36. The number of aromatic nitrogens is 3. The van der Waals surface area contributed by atoms with Gasteiger partial charge in [0, 0.05) is 0 Å². The van der Waals surface area contributed by atoms with Crippen LogP contribution in [-0.2, 0) is 11.3 Å². The maximum absolute atomic E-state index is 12.1. The van der Waals surface area contributed by atoms with Crippen LogP contribution in [0.5, 0.6) is 0 Å². The molecule has 0 spiro atoms. The van der Waals surface area contributed by atoms with Gasteiger partial charge in [0.25, 0.3) is 0 Å². The summed E-state index contributed by atoms with van der Waals surface area (Å²) in [5.74, 6) is 0.738. The van der Waals surface area contributed by atoms with Crippen molar-refractivity contribution in [2.45, 2.75) is 38.3 Å². The molecule has 6 heteroatoms. The normalized spacial score (nSPS) is 24.6. The van der Waals surface area contributed by atoms with Gasteiger partial charge in [-0.3, -0.25) is 9.89 Å². The predicted octanol–water partition coefficient (Wildman–Crippen LogP) is -0.0469. The van der Waals surface area contributed by atoms with Crippen molar-refractivity contribution in [1.29, 1.82) is 0 Å². The highest BCUT2D eigenvalue weighted by atomic mass is 16.2. The van der Waals surface area contributed by atoms with Crippen LogP contribution in [0.15, 0.2) is 6.33 Å². The van der Waals surface area contributed by atoms with Crippen LogP contribution in [0.1, 0.15) is 32.0 Å². The summed E-state index contributed by atoms with van der Waals surface area (Å²) in [4.78, 5) is 16.0. The molecule has 0 radical (unpaired) electrons. The van der Waals surface area contributed by atoms with Crippen molar-refractivity contribution in [2.75, 3.05) is 6.54 Å². The minimum absolute atomic E-state index is 0.0592. The van der Waals surface area contributed by atoms with Crippen molar-refractivity contribution in [2.24, 2.45) is 0 Å². The zero-order valence-electron chi connectivity index (χ0n) is 9.42. The first-order valence-corrected chi connectivity index (χ1v) is 5.64. The Kier molecular flexibility index (Phi) is 3.19. The Hall–Kier alpha value is -1.43. The molecule has 0 aromatic carbocycles. The van der Waals surface area contributed by atoms with Crippen molar-refractivity contribution in [3.05, 3.63) is 12.2 Å². The molecule has 1 saturated heterocycles. The van der Waals surface area contributed by atoms with E-state index in [9.17, 15) is 4.79 Å². The quantitative estimate of drug-likeness (QED) is 0.668. The SMILES string of the molecule is CCC1(C(=O)NCc2ncn[nH]2)CCCN1. The average Bonchev–Trinajstić information content (AvgIpc) is 2.97. The minimum atomic E-state index is -0.375. The van der Waals surface area contributed by atoms with Crippen molar-refractivity contribution in [1.82, 2.24) is 25.8 Å². The summed E-state index contributed by atoms with van der Waals surface area (Å²) in [6, 6.07) is 0. The fourth-order valence-electron chi connectivity index (χ4n) is 2.11. The molecule has 88 valence electrons. The van der Waals surface area contributed by atoms with E-state index in [1.54, 1.807) is 0 Å². The Balaban J connectivity index is 1.91. The number of nitrogens with one attached hydrogen (secondary N) is 3. The third-order valence-electron chi connectivity index (χ3n) is 3.16. The average molecular weight is 223 g/mol. The Morgan fingerprint density at radius 2 is 2.56 bits per heavy atom. The first kappa shape index (κ1) is 11.1. The zero-order chi connectivity index (χ0) is 11.4. The Bertz CT molecular complexity index is 342. The molecule has 1 aliphatic rings. The summed E-state index contributed by atoms with van der Waals surface area (Å²) in [6.07, 6.45) is 4.22. The third-order valence-corrected chi connectivity index (χ3v) is 3.16. The number of nitrogens with zero attached hydrogens (tertiary/aromatic N) is 2. The standard InChI is InChI=1S/C10H17N5O/c1-2-10(4-3-5-13-10)9(16)11-6-8-12-7-14-15-8/h7,13H,2-6H2,1H3,(H,11,16)(H,12,14,15). The summed E-state index contributed by atoms with van der Waals surface area (Å²) in [7, 11) is 0. The van der Waals surface area contributed by atoms with Crippen LogP contribution in [0.4, 0.5) is 0 Å². The van der Waals surface area contributed by atoms with Crippen LogP contribution in [0.3, 0.4) is 0 Å². The molecule has 1 amide bonds. The van der Waals surface area contributed by atoms with Crippen molar-refractivity contribution >= 4 is 5.91 Å². The smallest absolute Gasteiger partial charge is 0.240 e. The van der Waals surface area contributed by atoms with Crippen molar-refractivity contribution in [3.8, 4) is 0 Å². The lowest BCUT2D eigenvalue weighted by Crippen LogP contribution is -2.52. The van der Waals surface area contributed by atoms with E-state index in [4.69, 9.17) is 0 Å². The van der Waals surface area contributed by atoms with Gasteiger partial charge in [0.2, 0.25) is 5.91 Å². The number of hydrogen-bond donors (Lipinski definition) is 3. The van der Waals surface area contributed by atoms with Gasteiger partial charge >= 0.3 is 0 Å². The molecule has 16 heavy (non-hydrogen) atoms. The van der Waals surface area contributed by atoms with Crippen LogP contribution >= 0.6 is 0 Å². The summed E-state index contributed by atoms with van der Waals surface area (Å²) in [5, 5.41) is 12.6. The van der Waals surface area contributed by atoms with Crippen LogP contribution in [0.2, 0.25) is 0 Å². The fraction of sp³-hybridized carbons (Fsp3) is 0.700. The van der Waals surface area contributed by atoms with Crippen LogP contribution in [-0.4, -0.2) is 33.2 Å². The van der Waals surface area contributed by atoms with Gasteiger partial charge in [-0.2, -0.15) is 5.10 Å².